The number of nitrogens with one attached hydrogen (secondary N) is 1. The van der Waals surface area contributed by atoms with Gasteiger partial charge in [0.15, 0.2) is 0 Å². The van der Waals surface area contributed by atoms with Crippen molar-refractivity contribution in [2.24, 2.45) is 0 Å². The summed E-state index contributed by atoms with van der Waals surface area (Å²) >= 11 is 0. The lowest BCUT2D eigenvalue weighted by Gasteiger charge is -2.29. The van der Waals surface area contributed by atoms with Gasteiger partial charge in [-0.2, -0.15) is 0 Å². The lowest BCUT2D eigenvalue weighted by Crippen LogP contribution is -2.49. The molecular weight excluding hydrogens is 268 g/mol. The first-order valence-electron chi connectivity index (χ1n) is 7.37. The Balaban J connectivity index is 1.79. The summed E-state index contributed by atoms with van der Waals surface area (Å²) in [6.07, 6.45) is 0. The van der Waals surface area contributed by atoms with Crippen molar-refractivity contribution < 1.29 is 14.3 Å². The lowest BCUT2D eigenvalue weighted by atomic mass is 10.1. The molecule has 2 rings (SSSR count). The first-order valence-corrected chi connectivity index (χ1v) is 7.37. The second kappa shape index (κ2) is 8.12. The smallest absolute Gasteiger partial charge is 0.239 e. The van der Waals surface area contributed by atoms with Crippen LogP contribution in [0.3, 0.4) is 0 Å². The monoisotopic (exact) mass is 292 g/mol. The summed E-state index contributed by atoms with van der Waals surface area (Å²) < 4.78 is 10.4. The fraction of sp³-hybridized carbons (Fsp3) is 0.562. The van der Waals surface area contributed by atoms with E-state index in [9.17, 15) is 4.79 Å². The molecule has 0 aliphatic carbocycles. The quantitative estimate of drug-likeness (QED) is 0.855. The lowest BCUT2D eigenvalue weighted by molar-refractivity contribution is -0.137. The highest BCUT2D eigenvalue weighted by Crippen LogP contribution is 2.06. The SMILES string of the molecule is COCc1ccc(CNC(C)C(=O)N2CCOCC2)cc1. The number of nitrogens with zero attached hydrogens (tertiary/aromatic N) is 1. The number of amides is 1. The van der Waals surface area contributed by atoms with Crippen LogP contribution in [-0.2, 0) is 27.4 Å². The summed E-state index contributed by atoms with van der Waals surface area (Å²) in [5, 5.41) is 3.28. The number of hydrogen-bond donors (Lipinski definition) is 1. The zero-order chi connectivity index (χ0) is 15.1. The second-order valence-corrected chi connectivity index (χ2v) is 5.29. The Morgan fingerprint density at radius 1 is 1.29 bits per heavy atom. The molecule has 0 spiro atoms. The van der Waals surface area contributed by atoms with E-state index in [2.05, 4.69) is 29.6 Å². The van der Waals surface area contributed by atoms with Crippen molar-refractivity contribution >= 4 is 5.91 Å². The number of hydrogen-bond acceptors (Lipinski definition) is 4. The first kappa shape index (κ1) is 15.9. The number of benzene rings is 1. The predicted molar refractivity (Wildman–Crippen MR) is 80.9 cm³/mol. The molecule has 1 aliphatic heterocycles. The van der Waals surface area contributed by atoms with Gasteiger partial charge in [-0.3, -0.25) is 4.79 Å². The Bertz CT molecular complexity index is 441. The van der Waals surface area contributed by atoms with Crippen LogP contribution in [0.4, 0.5) is 0 Å². The first-order chi connectivity index (χ1) is 10.2. The molecule has 1 fully saturated rings. The molecule has 1 unspecified atom stereocenters. The van der Waals surface area contributed by atoms with Gasteiger partial charge in [-0.05, 0) is 18.1 Å². The highest BCUT2D eigenvalue weighted by atomic mass is 16.5. The third kappa shape index (κ3) is 4.81. The molecule has 1 aliphatic rings. The zero-order valence-electron chi connectivity index (χ0n) is 12.8. The number of carbonyl (C=O) groups excluding carboxylic acids is 1. The van der Waals surface area contributed by atoms with Crippen molar-refractivity contribution in [1.29, 1.82) is 0 Å². The number of carbonyl (C=O) groups is 1. The van der Waals surface area contributed by atoms with Crippen molar-refractivity contribution in [3.05, 3.63) is 35.4 Å². The van der Waals surface area contributed by atoms with Gasteiger partial charge < -0.3 is 19.7 Å². The minimum absolute atomic E-state index is 0.148. The van der Waals surface area contributed by atoms with Crippen LogP contribution in [0.5, 0.6) is 0 Å². The molecule has 21 heavy (non-hydrogen) atoms. The molecule has 1 amide bonds. The fourth-order valence-electron chi connectivity index (χ4n) is 2.34. The van der Waals surface area contributed by atoms with E-state index in [-0.39, 0.29) is 11.9 Å². The van der Waals surface area contributed by atoms with Crippen LogP contribution in [0.15, 0.2) is 24.3 Å². The van der Waals surface area contributed by atoms with E-state index in [1.807, 2.05) is 11.8 Å². The van der Waals surface area contributed by atoms with E-state index < -0.39 is 0 Å². The average molecular weight is 292 g/mol. The largest absolute Gasteiger partial charge is 0.380 e. The van der Waals surface area contributed by atoms with E-state index in [1.165, 1.54) is 0 Å². The number of ether oxygens (including phenoxy) is 2. The average Bonchev–Trinajstić information content (AvgIpc) is 2.54. The Hall–Kier alpha value is -1.43. The fourth-order valence-corrected chi connectivity index (χ4v) is 2.34. The minimum atomic E-state index is -0.179. The standard InChI is InChI=1S/C16H24N2O3/c1-13(16(19)18-7-9-21-10-8-18)17-11-14-3-5-15(6-4-14)12-20-2/h3-6,13,17H,7-12H2,1-2H3. The molecular formula is C16H24N2O3. The molecule has 1 aromatic rings. The summed E-state index contributed by atoms with van der Waals surface area (Å²) in [6, 6.07) is 8.05. The summed E-state index contributed by atoms with van der Waals surface area (Å²) in [4.78, 5) is 14.1. The molecule has 5 nitrogen and oxygen atoms in total. The van der Waals surface area contributed by atoms with Crippen molar-refractivity contribution in [3.8, 4) is 0 Å². The number of morpholine rings is 1. The molecule has 1 saturated heterocycles. The molecule has 1 N–H and O–H groups in total. The zero-order valence-corrected chi connectivity index (χ0v) is 12.8. The Morgan fingerprint density at radius 2 is 1.90 bits per heavy atom. The molecule has 116 valence electrons. The third-order valence-electron chi connectivity index (χ3n) is 3.64. The predicted octanol–water partition coefficient (Wildman–Crippen LogP) is 1.17. The minimum Gasteiger partial charge on any atom is -0.380 e. The van der Waals surface area contributed by atoms with Crippen molar-refractivity contribution in [2.75, 3.05) is 33.4 Å². The summed E-state index contributed by atoms with van der Waals surface area (Å²) in [5.41, 5.74) is 2.31. The van der Waals surface area contributed by atoms with Gasteiger partial charge in [0, 0.05) is 26.7 Å². The van der Waals surface area contributed by atoms with Gasteiger partial charge in [-0.25, -0.2) is 0 Å². The molecule has 0 saturated carbocycles. The van der Waals surface area contributed by atoms with Gasteiger partial charge in [0.1, 0.15) is 0 Å². The van der Waals surface area contributed by atoms with Gasteiger partial charge in [0.25, 0.3) is 0 Å². The number of methoxy groups -OCH3 is 1. The van der Waals surface area contributed by atoms with Gasteiger partial charge in [-0.1, -0.05) is 24.3 Å². The molecule has 5 heteroatoms. The van der Waals surface area contributed by atoms with E-state index in [4.69, 9.17) is 9.47 Å². The maximum absolute atomic E-state index is 12.2. The van der Waals surface area contributed by atoms with Crippen molar-refractivity contribution in [3.63, 3.8) is 0 Å². The maximum Gasteiger partial charge on any atom is 0.239 e. The van der Waals surface area contributed by atoms with Crippen molar-refractivity contribution in [2.45, 2.75) is 26.1 Å². The Morgan fingerprint density at radius 3 is 2.52 bits per heavy atom. The van der Waals surface area contributed by atoms with E-state index in [0.717, 1.165) is 11.1 Å². The molecule has 0 aromatic heterocycles. The van der Waals surface area contributed by atoms with Crippen LogP contribution in [0.1, 0.15) is 18.1 Å². The van der Waals surface area contributed by atoms with Gasteiger partial charge in [-0.15, -0.1) is 0 Å². The highest BCUT2D eigenvalue weighted by Gasteiger charge is 2.21. The number of rotatable bonds is 6. The normalized spacial score (nSPS) is 16.8. The topological polar surface area (TPSA) is 50.8 Å². The Labute approximate surface area is 126 Å². The van der Waals surface area contributed by atoms with Crippen LogP contribution in [0.2, 0.25) is 0 Å². The molecule has 0 bridgehead atoms. The van der Waals surface area contributed by atoms with Gasteiger partial charge >= 0.3 is 0 Å². The van der Waals surface area contributed by atoms with Gasteiger partial charge in [0.2, 0.25) is 5.91 Å². The molecule has 1 aromatic carbocycles. The summed E-state index contributed by atoms with van der Waals surface area (Å²) in [5.74, 6) is 0.148. The van der Waals surface area contributed by atoms with Crippen LogP contribution >= 0.6 is 0 Å². The summed E-state index contributed by atoms with van der Waals surface area (Å²) in [6.45, 7) is 5.88. The van der Waals surface area contributed by atoms with Crippen LogP contribution < -0.4 is 5.32 Å². The third-order valence-corrected chi connectivity index (χ3v) is 3.64. The maximum atomic E-state index is 12.2. The van der Waals surface area contributed by atoms with Crippen molar-refractivity contribution in [1.82, 2.24) is 10.2 Å². The highest BCUT2D eigenvalue weighted by molar-refractivity contribution is 5.81. The van der Waals surface area contributed by atoms with Crippen LogP contribution in [-0.4, -0.2) is 50.3 Å². The van der Waals surface area contributed by atoms with E-state index in [1.54, 1.807) is 7.11 Å². The van der Waals surface area contributed by atoms with Gasteiger partial charge in [0.05, 0.1) is 25.9 Å². The second-order valence-electron chi connectivity index (χ2n) is 5.29. The molecule has 1 heterocycles. The van der Waals surface area contributed by atoms with E-state index >= 15 is 0 Å². The Kier molecular flexibility index (Phi) is 6.17. The van der Waals surface area contributed by atoms with Crippen LogP contribution in [0, 0.1) is 0 Å². The van der Waals surface area contributed by atoms with Crippen LogP contribution in [0.25, 0.3) is 0 Å². The molecule has 1 atom stereocenters. The van der Waals surface area contributed by atoms with E-state index in [0.29, 0.717) is 39.5 Å². The molecule has 0 radical (unpaired) electrons. The summed E-state index contributed by atoms with van der Waals surface area (Å²) in [7, 11) is 1.69.